The second kappa shape index (κ2) is 4.02. The van der Waals surface area contributed by atoms with Gasteiger partial charge in [0.05, 0.1) is 6.04 Å². The first kappa shape index (κ1) is 10.4. The van der Waals surface area contributed by atoms with Crippen molar-refractivity contribution in [3.8, 4) is 0 Å². The van der Waals surface area contributed by atoms with Crippen LogP contribution in [0.2, 0.25) is 0 Å². The minimum atomic E-state index is 0.345. The van der Waals surface area contributed by atoms with E-state index in [-0.39, 0.29) is 0 Å². The van der Waals surface area contributed by atoms with Gasteiger partial charge in [0.1, 0.15) is 0 Å². The lowest BCUT2D eigenvalue weighted by Crippen LogP contribution is -2.28. The normalized spacial score (nSPS) is 22.3. The van der Waals surface area contributed by atoms with Crippen molar-refractivity contribution in [2.24, 2.45) is 0 Å². The molecule has 1 aliphatic carbocycles. The van der Waals surface area contributed by atoms with Crippen molar-refractivity contribution in [2.45, 2.75) is 30.0 Å². The summed E-state index contributed by atoms with van der Waals surface area (Å²) in [5.41, 5.74) is 4.88. The van der Waals surface area contributed by atoms with Gasteiger partial charge >= 0.3 is 0 Å². The molecule has 1 atom stereocenters. The number of hydrogen-bond donors (Lipinski definition) is 1. The third-order valence-corrected chi connectivity index (χ3v) is 4.49. The van der Waals surface area contributed by atoms with Crippen molar-refractivity contribution in [1.29, 1.82) is 0 Å². The summed E-state index contributed by atoms with van der Waals surface area (Å²) in [6.45, 7) is 0. The number of thioether (sulfide) groups is 1. The maximum absolute atomic E-state index is 4.32. The zero-order valence-electron chi connectivity index (χ0n) is 9.91. The molecule has 1 aliphatic heterocycles. The van der Waals surface area contributed by atoms with E-state index in [0.29, 0.717) is 12.0 Å². The molecular weight excluding hydrogens is 244 g/mol. The predicted molar refractivity (Wildman–Crippen MR) is 71.3 cm³/mol. The van der Waals surface area contributed by atoms with Gasteiger partial charge < -0.3 is 5.43 Å². The van der Waals surface area contributed by atoms with Crippen LogP contribution in [0.5, 0.6) is 0 Å². The maximum Gasteiger partial charge on any atom is 0.210 e. The zero-order valence-corrected chi connectivity index (χ0v) is 10.7. The van der Waals surface area contributed by atoms with E-state index in [4.69, 9.17) is 0 Å². The molecule has 4 rings (SSSR count). The fourth-order valence-corrected chi connectivity index (χ4v) is 3.27. The first-order valence-electron chi connectivity index (χ1n) is 6.31. The molecule has 1 saturated carbocycles. The molecule has 4 nitrogen and oxygen atoms in total. The SMILES string of the molecule is c1ccc(C2CSc3nnc(C4CC4)n3N2)cc1. The zero-order chi connectivity index (χ0) is 11.9. The molecule has 0 spiro atoms. The van der Waals surface area contributed by atoms with Crippen molar-refractivity contribution in [1.82, 2.24) is 14.9 Å². The Morgan fingerprint density at radius 3 is 2.78 bits per heavy atom. The van der Waals surface area contributed by atoms with E-state index < -0.39 is 0 Å². The number of benzene rings is 1. The van der Waals surface area contributed by atoms with Gasteiger partial charge in [0, 0.05) is 11.7 Å². The van der Waals surface area contributed by atoms with Gasteiger partial charge in [-0.05, 0) is 18.4 Å². The fourth-order valence-electron chi connectivity index (χ4n) is 2.31. The molecule has 1 aromatic carbocycles. The number of rotatable bonds is 2. The summed E-state index contributed by atoms with van der Waals surface area (Å²) in [6.07, 6.45) is 2.50. The largest absolute Gasteiger partial charge is 0.314 e. The van der Waals surface area contributed by atoms with E-state index in [2.05, 4.69) is 50.6 Å². The average molecular weight is 258 g/mol. The van der Waals surface area contributed by atoms with Crippen molar-refractivity contribution < 1.29 is 0 Å². The van der Waals surface area contributed by atoms with Gasteiger partial charge in [0.2, 0.25) is 5.16 Å². The minimum absolute atomic E-state index is 0.345. The van der Waals surface area contributed by atoms with Crippen molar-refractivity contribution in [3.63, 3.8) is 0 Å². The standard InChI is InChI=1S/C13H14N4S/c1-2-4-9(5-3-1)11-8-18-13-15-14-12(10-6-7-10)17(13)16-11/h1-5,10-11,16H,6-8H2. The van der Waals surface area contributed by atoms with E-state index in [1.807, 2.05) is 0 Å². The molecule has 2 aliphatic rings. The summed E-state index contributed by atoms with van der Waals surface area (Å²) in [5, 5.41) is 9.58. The van der Waals surface area contributed by atoms with Crippen LogP contribution in [-0.2, 0) is 0 Å². The van der Waals surface area contributed by atoms with Crippen LogP contribution in [0.25, 0.3) is 0 Å². The van der Waals surface area contributed by atoms with Crippen LogP contribution in [0.3, 0.4) is 0 Å². The molecule has 2 heterocycles. The van der Waals surface area contributed by atoms with E-state index in [1.165, 1.54) is 18.4 Å². The number of aromatic nitrogens is 3. The summed E-state index contributed by atoms with van der Waals surface area (Å²) in [5.74, 6) is 2.74. The van der Waals surface area contributed by atoms with Crippen LogP contribution in [0.15, 0.2) is 35.5 Å². The second-order valence-corrected chi connectivity index (χ2v) is 5.84. The van der Waals surface area contributed by atoms with E-state index in [9.17, 15) is 0 Å². The highest BCUT2D eigenvalue weighted by Gasteiger charge is 2.33. The Bertz CT molecular complexity index is 562. The van der Waals surface area contributed by atoms with E-state index in [0.717, 1.165) is 16.7 Å². The maximum atomic E-state index is 4.32. The molecule has 1 N–H and O–H groups in total. The first-order chi connectivity index (χ1) is 8.92. The minimum Gasteiger partial charge on any atom is -0.314 e. The third kappa shape index (κ3) is 1.70. The van der Waals surface area contributed by atoms with Crippen LogP contribution < -0.4 is 5.43 Å². The molecule has 0 radical (unpaired) electrons. The average Bonchev–Trinajstić information content (AvgIpc) is 3.19. The van der Waals surface area contributed by atoms with Gasteiger partial charge in [-0.1, -0.05) is 42.1 Å². The lowest BCUT2D eigenvalue weighted by molar-refractivity contribution is 0.633. The molecule has 0 bridgehead atoms. The smallest absolute Gasteiger partial charge is 0.210 e. The molecule has 1 aromatic heterocycles. The number of nitrogens with zero attached hydrogens (tertiary/aromatic N) is 3. The molecule has 0 amide bonds. The summed E-state index contributed by atoms with van der Waals surface area (Å²) in [4.78, 5) is 0. The molecule has 0 saturated heterocycles. The predicted octanol–water partition coefficient (Wildman–Crippen LogP) is 2.55. The summed E-state index contributed by atoms with van der Waals surface area (Å²) >= 11 is 1.78. The van der Waals surface area contributed by atoms with E-state index >= 15 is 0 Å². The van der Waals surface area contributed by atoms with Gasteiger partial charge in [0.25, 0.3) is 0 Å². The van der Waals surface area contributed by atoms with Crippen LogP contribution in [0.1, 0.15) is 36.2 Å². The van der Waals surface area contributed by atoms with Gasteiger partial charge in [-0.15, -0.1) is 10.2 Å². The number of nitrogens with one attached hydrogen (secondary N) is 1. The Hall–Kier alpha value is -1.49. The molecule has 92 valence electrons. The highest BCUT2D eigenvalue weighted by molar-refractivity contribution is 7.99. The van der Waals surface area contributed by atoms with Crippen LogP contribution in [0.4, 0.5) is 0 Å². The summed E-state index contributed by atoms with van der Waals surface area (Å²) in [7, 11) is 0. The molecule has 18 heavy (non-hydrogen) atoms. The highest BCUT2D eigenvalue weighted by Crippen LogP contribution is 2.41. The Kier molecular flexibility index (Phi) is 2.33. The number of hydrogen-bond acceptors (Lipinski definition) is 4. The van der Waals surface area contributed by atoms with Crippen molar-refractivity contribution in [2.75, 3.05) is 11.2 Å². The molecule has 5 heteroatoms. The molecule has 1 unspecified atom stereocenters. The quantitative estimate of drug-likeness (QED) is 0.899. The Balaban J connectivity index is 1.66. The van der Waals surface area contributed by atoms with Crippen molar-refractivity contribution in [3.05, 3.63) is 41.7 Å². The lowest BCUT2D eigenvalue weighted by atomic mass is 10.1. The molecule has 2 aromatic rings. The Morgan fingerprint density at radius 1 is 1.17 bits per heavy atom. The fraction of sp³-hybridized carbons (Fsp3) is 0.385. The molecule has 1 fully saturated rings. The van der Waals surface area contributed by atoms with Gasteiger partial charge in [0.15, 0.2) is 5.82 Å². The molecular formula is C13H14N4S. The van der Waals surface area contributed by atoms with Crippen LogP contribution in [-0.4, -0.2) is 20.6 Å². The highest BCUT2D eigenvalue weighted by atomic mass is 32.2. The van der Waals surface area contributed by atoms with E-state index in [1.54, 1.807) is 11.8 Å². The van der Waals surface area contributed by atoms with Gasteiger partial charge in [-0.25, -0.2) is 4.68 Å². The summed E-state index contributed by atoms with van der Waals surface area (Å²) in [6, 6.07) is 10.9. The van der Waals surface area contributed by atoms with Crippen molar-refractivity contribution >= 4 is 11.8 Å². The topological polar surface area (TPSA) is 42.7 Å². The Labute approximate surface area is 110 Å². The number of fused-ring (bicyclic) bond motifs is 1. The Morgan fingerprint density at radius 2 is 2.00 bits per heavy atom. The van der Waals surface area contributed by atoms with Crippen LogP contribution >= 0.6 is 11.8 Å². The van der Waals surface area contributed by atoms with Gasteiger partial charge in [-0.2, -0.15) is 0 Å². The second-order valence-electron chi connectivity index (χ2n) is 4.85. The van der Waals surface area contributed by atoms with Gasteiger partial charge in [-0.3, -0.25) is 0 Å². The van der Waals surface area contributed by atoms with Crippen LogP contribution in [0, 0.1) is 0 Å². The first-order valence-corrected chi connectivity index (χ1v) is 7.30. The third-order valence-electron chi connectivity index (χ3n) is 3.47. The lowest BCUT2D eigenvalue weighted by Gasteiger charge is -2.26. The monoisotopic (exact) mass is 258 g/mol. The summed E-state index contributed by atoms with van der Waals surface area (Å²) < 4.78 is 2.10.